The minimum atomic E-state index is -0.135. The number of carbonyl (C=O) groups excluding carboxylic acids is 1. The lowest BCUT2D eigenvalue weighted by Gasteiger charge is -2.09. The van der Waals surface area contributed by atoms with Crippen molar-refractivity contribution >= 4 is 11.7 Å². The van der Waals surface area contributed by atoms with Crippen LogP contribution in [0.4, 0.5) is 5.69 Å². The number of unbranched alkanes of at least 4 members (excludes halogenated alkanes) is 8. The number of nitrogens with two attached hydrogens (primary N) is 1. The van der Waals surface area contributed by atoms with Crippen LogP contribution in [-0.2, 0) is 42.7 Å². The minimum absolute atomic E-state index is 0.135. The molecule has 1 aromatic rings. The van der Waals surface area contributed by atoms with E-state index in [2.05, 4.69) is 6.92 Å². The molecular formula is C34H61NO10. The summed E-state index contributed by atoms with van der Waals surface area (Å²) in [5, 5.41) is 0. The molecule has 0 radical (unpaired) electrons. The molecule has 45 heavy (non-hydrogen) atoms. The van der Waals surface area contributed by atoms with Crippen molar-refractivity contribution in [1.82, 2.24) is 0 Å². The Kier molecular flexibility index (Phi) is 30.4. The number of rotatable bonds is 35. The zero-order valence-electron chi connectivity index (χ0n) is 27.9. The van der Waals surface area contributed by atoms with Crippen LogP contribution >= 0.6 is 0 Å². The maximum atomic E-state index is 11.8. The minimum Gasteiger partial charge on any atom is -0.491 e. The molecule has 11 nitrogen and oxygen atoms in total. The molecule has 0 spiro atoms. The van der Waals surface area contributed by atoms with Gasteiger partial charge in [-0.2, -0.15) is 0 Å². The van der Waals surface area contributed by atoms with Gasteiger partial charge in [0.2, 0.25) is 0 Å². The summed E-state index contributed by atoms with van der Waals surface area (Å²) in [6.07, 6.45) is 11.6. The number of hydrogen-bond acceptors (Lipinski definition) is 11. The van der Waals surface area contributed by atoms with E-state index in [-0.39, 0.29) is 12.6 Å². The fourth-order valence-electron chi connectivity index (χ4n) is 4.07. The van der Waals surface area contributed by atoms with Gasteiger partial charge in [-0.3, -0.25) is 4.79 Å². The average molecular weight is 644 g/mol. The van der Waals surface area contributed by atoms with E-state index in [9.17, 15) is 4.79 Å². The normalized spacial score (nSPS) is 11.2. The van der Waals surface area contributed by atoms with Crippen LogP contribution in [0.3, 0.4) is 0 Å². The molecule has 1 rings (SSSR count). The SMILES string of the molecule is CCCCCCCCCCCC(=O)OCCOCCOCCOCCOCCOCCOCCOCCOc1ccc(N)cc1. The molecule has 0 amide bonds. The van der Waals surface area contributed by atoms with Crippen molar-refractivity contribution in [2.45, 2.75) is 71.1 Å². The van der Waals surface area contributed by atoms with Crippen LogP contribution in [0.5, 0.6) is 5.75 Å². The van der Waals surface area contributed by atoms with E-state index in [4.69, 9.17) is 48.4 Å². The van der Waals surface area contributed by atoms with Gasteiger partial charge in [-0.05, 0) is 30.7 Å². The number of hydrogen-bond donors (Lipinski definition) is 1. The Morgan fingerprint density at radius 3 is 1.27 bits per heavy atom. The van der Waals surface area contributed by atoms with Gasteiger partial charge in [0, 0.05) is 12.1 Å². The van der Waals surface area contributed by atoms with Gasteiger partial charge in [0.25, 0.3) is 0 Å². The van der Waals surface area contributed by atoms with Crippen molar-refractivity contribution in [3.63, 3.8) is 0 Å². The fourth-order valence-corrected chi connectivity index (χ4v) is 4.07. The Morgan fingerprint density at radius 2 is 0.844 bits per heavy atom. The number of nitrogen functional groups attached to an aromatic ring is 1. The van der Waals surface area contributed by atoms with Crippen molar-refractivity contribution in [3.8, 4) is 5.75 Å². The summed E-state index contributed by atoms with van der Waals surface area (Å²) < 4.78 is 49.1. The second-order valence-corrected chi connectivity index (χ2v) is 10.5. The molecule has 0 bridgehead atoms. The lowest BCUT2D eigenvalue weighted by molar-refractivity contribution is -0.145. The molecule has 262 valence electrons. The number of benzene rings is 1. The van der Waals surface area contributed by atoms with Crippen LogP contribution in [0.25, 0.3) is 0 Å². The Labute approximate surface area is 271 Å². The Bertz CT molecular complexity index is 753. The standard InChI is InChI=1S/C34H61NO10/c1-2-3-4-5-6-7-8-9-10-11-34(36)45-31-29-43-27-25-41-23-21-39-19-17-37-16-18-38-20-22-40-24-26-42-28-30-44-33-14-12-32(35)13-15-33/h12-15H,2-11,16-31,35H2,1H3. The summed E-state index contributed by atoms with van der Waals surface area (Å²) in [4.78, 5) is 11.8. The third-order valence-corrected chi connectivity index (χ3v) is 6.58. The highest BCUT2D eigenvalue weighted by molar-refractivity contribution is 5.69. The summed E-state index contributed by atoms with van der Waals surface area (Å²) in [7, 11) is 0. The van der Waals surface area contributed by atoms with Crippen LogP contribution in [0, 0.1) is 0 Å². The molecule has 0 unspecified atom stereocenters. The molecule has 0 aliphatic carbocycles. The molecule has 11 heteroatoms. The molecule has 0 aliphatic heterocycles. The van der Waals surface area contributed by atoms with Gasteiger partial charge in [0.15, 0.2) is 0 Å². The summed E-state index contributed by atoms with van der Waals surface area (Å²) >= 11 is 0. The van der Waals surface area contributed by atoms with E-state index in [1.165, 1.54) is 44.9 Å². The Balaban J connectivity index is 1.66. The van der Waals surface area contributed by atoms with Crippen LogP contribution in [0.2, 0.25) is 0 Å². The first-order valence-electron chi connectivity index (χ1n) is 16.9. The lowest BCUT2D eigenvalue weighted by Crippen LogP contribution is -2.15. The molecule has 0 atom stereocenters. The average Bonchev–Trinajstić information content (AvgIpc) is 3.04. The van der Waals surface area contributed by atoms with Gasteiger partial charge >= 0.3 is 5.97 Å². The summed E-state index contributed by atoms with van der Waals surface area (Å²) in [5.41, 5.74) is 6.35. The van der Waals surface area contributed by atoms with Crippen LogP contribution in [0.15, 0.2) is 24.3 Å². The Morgan fingerprint density at radius 1 is 0.489 bits per heavy atom. The van der Waals surface area contributed by atoms with E-state index in [0.717, 1.165) is 18.6 Å². The highest BCUT2D eigenvalue weighted by Crippen LogP contribution is 2.13. The largest absolute Gasteiger partial charge is 0.491 e. The van der Waals surface area contributed by atoms with E-state index in [1.807, 2.05) is 12.1 Å². The van der Waals surface area contributed by atoms with Crippen molar-refractivity contribution in [2.75, 3.05) is 111 Å². The molecule has 1 aromatic carbocycles. The van der Waals surface area contributed by atoms with Crippen LogP contribution in [-0.4, -0.2) is 112 Å². The van der Waals surface area contributed by atoms with Gasteiger partial charge in [-0.15, -0.1) is 0 Å². The van der Waals surface area contributed by atoms with Gasteiger partial charge in [0.05, 0.1) is 92.5 Å². The molecule has 0 saturated carbocycles. The zero-order valence-corrected chi connectivity index (χ0v) is 27.9. The number of ether oxygens (including phenoxy) is 9. The first kappa shape index (κ1) is 41.0. The van der Waals surface area contributed by atoms with Crippen molar-refractivity contribution < 1.29 is 47.4 Å². The van der Waals surface area contributed by atoms with E-state index >= 15 is 0 Å². The summed E-state index contributed by atoms with van der Waals surface area (Å²) in [5.74, 6) is 0.636. The second-order valence-electron chi connectivity index (χ2n) is 10.5. The van der Waals surface area contributed by atoms with Crippen molar-refractivity contribution in [3.05, 3.63) is 24.3 Å². The monoisotopic (exact) mass is 643 g/mol. The molecule has 0 heterocycles. The zero-order chi connectivity index (χ0) is 32.3. The summed E-state index contributed by atoms with van der Waals surface area (Å²) in [6.45, 7) is 9.82. The maximum Gasteiger partial charge on any atom is 0.305 e. The molecule has 0 aliphatic rings. The second kappa shape index (κ2) is 33.4. The van der Waals surface area contributed by atoms with Gasteiger partial charge < -0.3 is 48.4 Å². The maximum absolute atomic E-state index is 11.8. The smallest absolute Gasteiger partial charge is 0.305 e. The number of carbonyl (C=O) groups is 1. The fraction of sp³-hybridized carbons (Fsp3) is 0.794. The molecule has 0 aromatic heterocycles. The van der Waals surface area contributed by atoms with E-state index in [1.54, 1.807) is 12.1 Å². The quantitative estimate of drug-likeness (QED) is 0.0594. The first-order chi connectivity index (χ1) is 22.2. The first-order valence-corrected chi connectivity index (χ1v) is 16.9. The molecule has 0 fully saturated rings. The number of esters is 1. The van der Waals surface area contributed by atoms with Gasteiger partial charge in [-0.25, -0.2) is 0 Å². The molecular weight excluding hydrogens is 582 g/mol. The predicted octanol–water partition coefficient (Wildman–Crippen LogP) is 5.23. The topological polar surface area (TPSA) is 126 Å². The molecule has 2 N–H and O–H groups in total. The van der Waals surface area contributed by atoms with E-state index in [0.29, 0.717) is 111 Å². The number of anilines is 1. The summed E-state index contributed by atoms with van der Waals surface area (Å²) in [6, 6.07) is 7.26. The van der Waals surface area contributed by atoms with Crippen molar-refractivity contribution in [1.29, 1.82) is 0 Å². The third-order valence-electron chi connectivity index (χ3n) is 6.58. The van der Waals surface area contributed by atoms with Crippen molar-refractivity contribution in [2.24, 2.45) is 0 Å². The highest BCUT2D eigenvalue weighted by atomic mass is 16.6. The highest BCUT2D eigenvalue weighted by Gasteiger charge is 2.03. The van der Waals surface area contributed by atoms with Crippen LogP contribution in [0.1, 0.15) is 71.1 Å². The van der Waals surface area contributed by atoms with Gasteiger partial charge in [-0.1, -0.05) is 58.3 Å². The van der Waals surface area contributed by atoms with Gasteiger partial charge in [0.1, 0.15) is 19.0 Å². The molecule has 0 saturated heterocycles. The van der Waals surface area contributed by atoms with E-state index < -0.39 is 0 Å². The third kappa shape index (κ3) is 30.4. The lowest BCUT2D eigenvalue weighted by atomic mass is 10.1. The van der Waals surface area contributed by atoms with Crippen LogP contribution < -0.4 is 10.5 Å². The Hall–Kier alpha value is -1.99. The predicted molar refractivity (Wildman–Crippen MR) is 175 cm³/mol.